The Hall–Kier alpha value is -3.31. The summed E-state index contributed by atoms with van der Waals surface area (Å²) in [5.41, 5.74) is 3.29. The Morgan fingerprint density at radius 3 is 2.03 bits per heavy atom. The first-order chi connectivity index (χ1) is 14.8. The van der Waals surface area contributed by atoms with E-state index in [0.29, 0.717) is 17.1 Å². The van der Waals surface area contributed by atoms with Crippen molar-refractivity contribution in [2.75, 3.05) is 33.0 Å². The van der Waals surface area contributed by atoms with E-state index in [9.17, 15) is 4.79 Å². The second-order valence-corrected chi connectivity index (χ2v) is 7.77. The van der Waals surface area contributed by atoms with Gasteiger partial charge in [0.2, 0.25) is 6.79 Å². The maximum absolute atomic E-state index is 13.0. The number of carbonyl (C=O) groups is 1. The van der Waals surface area contributed by atoms with Crippen LogP contribution in [-0.2, 0) is 0 Å². The second kappa shape index (κ2) is 8.20. The lowest BCUT2D eigenvalue weighted by molar-refractivity contribution is -0.929. The molecule has 30 heavy (non-hydrogen) atoms. The van der Waals surface area contributed by atoms with E-state index >= 15 is 0 Å². The number of amides is 1. The zero-order valence-corrected chi connectivity index (χ0v) is 16.8. The van der Waals surface area contributed by atoms with E-state index in [1.807, 2.05) is 17.0 Å². The Kier molecular flexibility index (Phi) is 5.11. The molecule has 2 heterocycles. The van der Waals surface area contributed by atoms with Crippen molar-refractivity contribution in [2.24, 2.45) is 0 Å². The van der Waals surface area contributed by atoms with Crippen LogP contribution in [0.2, 0.25) is 0 Å². The summed E-state index contributed by atoms with van der Waals surface area (Å²) in [6.07, 6.45) is 0. The first-order valence-corrected chi connectivity index (χ1v) is 10.4. The number of rotatable bonds is 4. The Morgan fingerprint density at radius 2 is 1.40 bits per heavy atom. The fourth-order valence-corrected chi connectivity index (χ4v) is 4.45. The highest BCUT2D eigenvalue weighted by molar-refractivity contribution is 5.95. The quantitative estimate of drug-likeness (QED) is 0.731. The fraction of sp³-hybridized carbons (Fsp3) is 0.240. The molecule has 152 valence electrons. The lowest BCUT2D eigenvalue weighted by Gasteiger charge is -2.37. The molecule has 0 spiro atoms. The molecular formula is C25H25N2O3+. The molecule has 0 aromatic heterocycles. The molecule has 3 aromatic carbocycles. The summed E-state index contributed by atoms with van der Waals surface area (Å²) in [5, 5.41) is 0. The third-order valence-corrected chi connectivity index (χ3v) is 5.99. The molecule has 2 aliphatic rings. The van der Waals surface area contributed by atoms with E-state index < -0.39 is 0 Å². The summed E-state index contributed by atoms with van der Waals surface area (Å²) in [5.74, 6) is 1.41. The average Bonchev–Trinajstić information content (AvgIpc) is 3.29. The van der Waals surface area contributed by atoms with Crippen molar-refractivity contribution in [2.45, 2.75) is 6.04 Å². The minimum absolute atomic E-state index is 0.0586. The molecule has 5 rings (SSSR count). The average molecular weight is 401 g/mol. The van der Waals surface area contributed by atoms with Gasteiger partial charge in [-0.15, -0.1) is 0 Å². The number of fused-ring (bicyclic) bond motifs is 1. The zero-order chi connectivity index (χ0) is 20.3. The topological polar surface area (TPSA) is 43.2 Å². The van der Waals surface area contributed by atoms with Crippen LogP contribution in [0.5, 0.6) is 11.5 Å². The molecule has 1 fully saturated rings. The van der Waals surface area contributed by atoms with Gasteiger partial charge in [-0.3, -0.25) is 4.79 Å². The van der Waals surface area contributed by atoms with Gasteiger partial charge in [-0.1, -0.05) is 60.7 Å². The summed E-state index contributed by atoms with van der Waals surface area (Å²) in [6.45, 7) is 3.50. The van der Waals surface area contributed by atoms with Gasteiger partial charge in [0.1, 0.15) is 6.04 Å². The number of carbonyl (C=O) groups excluding carboxylic acids is 1. The summed E-state index contributed by atoms with van der Waals surface area (Å²) in [4.78, 5) is 16.5. The minimum Gasteiger partial charge on any atom is -0.454 e. The summed E-state index contributed by atoms with van der Waals surface area (Å²) in [7, 11) is 0. The lowest BCUT2D eigenvalue weighted by atomic mass is 9.96. The van der Waals surface area contributed by atoms with Crippen molar-refractivity contribution in [1.29, 1.82) is 0 Å². The number of nitrogens with zero attached hydrogens (tertiary/aromatic N) is 1. The van der Waals surface area contributed by atoms with E-state index in [4.69, 9.17) is 9.47 Å². The lowest BCUT2D eigenvalue weighted by Crippen LogP contribution is -3.15. The van der Waals surface area contributed by atoms with Gasteiger partial charge in [-0.2, -0.15) is 0 Å². The molecule has 1 saturated heterocycles. The van der Waals surface area contributed by atoms with E-state index in [1.54, 1.807) is 6.07 Å². The molecule has 0 atom stereocenters. The summed E-state index contributed by atoms with van der Waals surface area (Å²) < 4.78 is 10.8. The number of nitrogens with one attached hydrogen (secondary N) is 1. The van der Waals surface area contributed by atoms with Crippen LogP contribution in [0.1, 0.15) is 27.5 Å². The van der Waals surface area contributed by atoms with Crippen LogP contribution in [-0.4, -0.2) is 43.8 Å². The van der Waals surface area contributed by atoms with Gasteiger partial charge in [-0.25, -0.2) is 0 Å². The van der Waals surface area contributed by atoms with Crippen molar-refractivity contribution in [3.05, 3.63) is 95.6 Å². The highest BCUT2D eigenvalue weighted by Gasteiger charge is 2.32. The first-order valence-electron chi connectivity index (χ1n) is 10.4. The number of hydrogen-bond donors (Lipinski definition) is 1. The SMILES string of the molecule is O=C(c1ccc2c(c1)OCO2)N1CC[NH+](C(c2ccccc2)c2ccccc2)CC1. The van der Waals surface area contributed by atoms with E-state index in [2.05, 4.69) is 60.7 Å². The van der Waals surface area contributed by atoms with Crippen molar-refractivity contribution in [3.8, 4) is 11.5 Å². The van der Waals surface area contributed by atoms with Gasteiger partial charge in [0.25, 0.3) is 5.91 Å². The van der Waals surface area contributed by atoms with Crippen LogP contribution in [0.25, 0.3) is 0 Å². The van der Waals surface area contributed by atoms with Crippen molar-refractivity contribution >= 4 is 5.91 Å². The van der Waals surface area contributed by atoms with Gasteiger partial charge in [0, 0.05) is 16.7 Å². The van der Waals surface area contributed by atoms with Gasteiger partial charge in [0.05, 0.1) is 26.2 Å². The normalized spacial score (nSPS) is 16.1. The van der Waals surface area contributed by atoms with Crippen LogP contribution in [0.3, 0.4) is 0 Å². The van der Waals surface area contributed by atoms with Gasteiger partial charge in [0.15, 0.2) is 11.5 Å². The van der Waals surface area contributed by atoms with Crippen LogP contribution in [0, 0.1) is 0 Å². The molecule has 5 nitrogen and oxygen atoms in total. The number of benzene rings is 3. The number of hydrogen-bond acceptors (Lipinski definition) is 3. The molecular weight excluding hydrogens is 376 g/mol. The fourth-order valence-electron chi connectivity index (χ4n) is 4.45. The predicted molar refractivity (Wildman–Crippen MR) is 114 cm³/mol. The first kappa shape index (κ1) is 18.7. The Bertz CT molecular complexity index is 976. The van der Waals surface area contributed by atoms with Crippen molar-refractivity contribution in [3.63, 3.8) is 0 Å². The minimum atomic E-state index is 0.0586. The molecule has 0 aliphatic carbocycles. The second-order valence-electron chi connectivity index (χ2n) is 7.77. The number of ether oxygens (including phenoxy) is 2. The molecule has 5 heteroatoms. The Morgan fingerprint density at radius 1 is 0.800 bits per heavy atom. The predicted octanol–water partition coefficient (Wildman–Crippen LogP) is 2.55. The maximum Gasteiger partial charge on any atom is 0.254 e. The van der Waals surface area contributed by atoms with Gasteiger partial charge < -0.3 is 19.3 Å². The highest BCUT2D eigenvalue weighted by atomic mass is 16.7. The third-order valence-electron chi connectivity index (χ3n) is 5.99. The Labute approximate surface area is 176 Å². The number of quaternary nitrogens is 1. The monoisotopic (exact) mass is 401 g/mol. The standard InChI is InChI=1S/C25H24N2O3/c28-25(21-11-12-22-23(17-21)30-18-29-22)27-15-13-26(14-16-27)24(19-7-3-1-4-8-19)20-9-5-2-6-10-20/h1-12,17,24H,13-16,18H2/p+1. The van der Waals surface area contributed by atoms with E-state index in [1.165, 1.54) is 16.0 Å². The zero-order valence-electron chi connectivity index (χ0n) is 16.8. The largest absolute Gasteiger partial charge is 0.454 e. The van der Waals surface area contributed by atoms with Crippen LogP contribution >= 0.6 is 0 Å². The molecule has 3 aromatic rings. The molecule has 0 saturated carbocycles. The van der Waals surface area contributed by atoms with Crippen molar-refractivity contribution in [1.82, 2.24) is 4.90 Å². The molecule has 0 radical (unpaired) electrons. The molecule has 2 aliphatic heterocycles. The number of piperazine rings is 1. The summed E-state index contributed by atoms with van der Waals surface area (Å²) >= 11 is 0. The maximum atomic E-state index is 13.0. The van der Waals surface area contributed by atoms with Crippen LogP contribution in [0.15, 0.2) is 78.9 Å². The van der Waals surface area contributed by atoms with Crippen molar-refractivity contribution < 1.29 is 19.2 Å². The molecule has 0 unspecified atom stereocenters. The Balaban J connectivity index is 1.32. The highest BCUT2D eigenvalue weighted by Crippen LogP contribution is 2.32. The van der Waals surface area contributed by atoms with Gasteiger partial charge >= 0.3 is 0 Å². The van der Waals surface area contributed by atoms with Gasteiger partial charge in [-0.05, 0) is 18.2 Å². The molecule has 1 amide bonds. The smallest absolute Gasteiger partial charge is 0.254 e. The molecule has 0 bridgehead atoms. The van der Waals surface area contributed by atoms with Crippen LogP contribution in [0.4, 0.5) is 0 Å². The van der Waals surface area contributed by atoms with E-state index in [0.717, 1.165) is 26.2 Å². The van der Waals surface area contributed by atoms with E-state index in [-0.39, 0.29) is 18.7 Å². The third kappa shape index (κ3) is 3.64. The summed E-state index contributed by atoms with van der Waals surface area (Å²) in [6, 6.07) is 27.0. The molecule has 1 N–H and O–H groups in total. The van der Waals surface area contributed by atoms with Crippen LogP contribution < -0.4 is 14.4 Å².